The minimum atomic E-state index is -0.958. The number of carboxylic acids is 1. The number of carbonyl (C=O) groups excluding carboxylic acids is 1. The van der Waals surface area contributed by atoms with E-state index in [2.05, 4.69) is 5.16 Å². The number of aromatic nitrogens is 1. The largest absolute Gasteiger partial charge is 0.478 e. The van der Waals surface area contributed by atoms with Gasteiger partial charge in [0.05, 0.1) is 17.2 Å². The molecule has 126 valence electrons. The first-order chi connectivity index (χ1) is 11.4. The van der Waals surface area contributed by atoms with Crippen LogP contribution in [-0.2, 0) is 17.8 Å². The van der Waals surface area contributed by atoms with E-state index in [-0.39, 0.29) is 17.4 Å². The smallest absolute Gasteiger partial charge is 0.336 e. The van der Waals surface area contributed by atoms with Crippen LogP contribution in [0.3, 0.4) is 0 Å². The molecule has 3 rings (SSSR count). The van der Waals surface area contributed by atoms with E-state index in [4.69, 9.17) is 4.52 Å². The Morgan fingerprint density at radius 3 is 2.71 bits per heavy atom. The molecule has 1 amide bonds. The highest BCUT2D eigenvalue weighted by molar-refractivity contribution is 5.90. The topological polar surface area (TPSA) is 83.6 Å². The van der Waals surface area contributed by atoms with Gasteiger partial charge in [-0.2, -0.15) is 0 Å². The van der Waals surface area contributed by atoms with Crippen LogP contribution in [0.4, 0.5) is 0 Å². The highest BCUT2D eigenvalue weighted by Crippen LogP contribution is 2.29. The van der Waals surface area contributed by atoms with E-state index in [1.165, 1.54) is 0 Å². The molecule has 1 aliphatic rings. The third kappa shape index (κ3) is 2.68. The highest BCUT2D eigenvalue weighted by atomic mass is 16.5. The van der Waals surface area contributed by atoms with E-state index in [9.17, 15) is 14.7 Å². The van der Waals surface area contributed by atoms with Gasteiger partial charge in [0, 0.05) is 18.7 Å². The molecule has 1 aromatic heterocycles. The minimum absolute atomic E-state index is 0.0322. The molecular formula is C18H20N2O4. The van der Waals surface area contributed by atoms with Crippen molar-refractivity contribution in [3.05, 3.63) is 51.9 Å². The van der Waals surface area contributed by atoms with Crippen LogP contribution in [0, 0.1) is 13.8 Å². The Morgan fingerprint density at radius 1 is 1.33 bits per heavy atom. The standard InChI is InChI=1S/C18H20N2O4/c1-10(16-11(2)19-24-12(16)3)17(21)20-8-7-13-5-4-6-14(18(22)23)15(13)9-20/h4-6,10H,7-9H2,1-3H3,(H,22,23). The first-order valence-electron chi connectivity index (χ1n) is 7.95. The number of hydrogen-bond donors (Lipinski definition) is 1. The van der Waals surface area contributed by atoms with Gasteiger partial charge in [-0.1, -0.05) is 17.3 Å². The maximum Gasteiger partial charge on any atom is 0.336 e. The molecule has 0 saturated carbocycles. The van der Waals surface area contributed by atoms with Crippen molar-refractivity contribution in [3.8, 4) is 0 Å². The van der Waals surface area contributed by atoms with Crippen LogP contribution < -0.4 is 0 Å². The van der Waals surface area contributed by atoms with Gasteiger partial charge in [0.25, 0.3) is 0 Å². The molecule has 6 nitrogen and oxygen atoms in total. The lowest BCUT2D eigenvalue weighted by atomic mass is 9.92. The maximum absolute atomic E-state index is 12.9. The molecule has 2 heterocycles. The van der Waals surface area contributed by atoms with Gasteiger partial charge in [-0.25, -0.2) is 4.79 Å². The molecule has 24 heavy (non-hydrogen) atoms. The number of fused-ring (bicyclic) bond motifs is 1. The minimum Gasteiger partial charge on any atom is -0.478 e. The van der Waals surface area contributed by atoms with E-state index >= 15 is 0 Å². The van der Waals surface area contributed by atoms with E-state index in [0.717, 1.165) is 22.4 Å². The average Bonchev–Trinajstić information content (AvgIpc) is 2.91. The van der Waals surface area contributed by atoms with Crippen LogP contribution in [0.2, 0.25) is 0 Å². The van der Waals surface area contributed by atoms with Crippen molar-refractivity contribution < 1.29 is 19.2 Å². The van der Waals surface area contributed by atoms with E-state index in [1.54, 1.807) is 24.0 Å². The molecule has 1 unspecified atom stereocenters. The molecular weight excluding hydrogens is 308 g/mol. The fraction of sp³-hybridized carbons (Fsp3) is 0.389. The van der Waals surface area contributed by atoms with Crippen molar-refractivity contribution in [2.45, 2.75) is 39.7 Å². The summed E-state index contributed by atoms with van der Waals surface area (Å²) in [6, 6.07) is 5.28. The molecule has 0 aliphatic carbocycles. The summed E-state index contributed by atoms with van der Waals surface area (Å²) < 4.78 is 5.16. The number of hydrogen-bond acceptors (Lipinski definition) is 4. The van der Waals surface area contributed by atoms with Gasteiger partial charge in [-0.05, 0) is 44.4 Å². The second-order valence-corrected chi connectivity index (χ2v) is 6.22. The molecule has 2 aromatic rings. The zero-order valence-electron chi connectivity index (χ0n) is 14.0. The van der Waals surface area contributed by atoms with Crippen LogP contribution in [0.25, 0.3) is 0 Å². The van der Waals surface area contributed by atoms with Crippen LogP contribution in [-0.4, -0.2) is 33.6 Å². The molecule has 1 atom stereocenters. The van der Waals surface area contributed by atoms with Crippen LogP contribution in [0.15, 0.2) is 22.7 Å². The lowest BCUT2D eigenvalue weighted by Crippen LogP contribution is -2.39. The number of carbonyl (C=O) groups is 2. The number of benzene rings is 1. The van der Waals surface area contributed by atoms with Gasteiger partial charge in [0.1, 0.15) is 5.76 Å². The maximum atomic E-state index is 12.9. The third-order valence-electron chi connectivity index (χ3n) is 4.71. The first-order valence-corrected chi connectivity index (χ1v) is 7.95. The number of amides is 1. The molecule has 1 aliphatic heterocycles. The SMILES string of the molecule is Cc1noc(C)c1C(C)C(=O)N1CCc2cccc(C(=O)O)c2C1. The second kappa shape index (κ2) is 6.11. The van der Waals surface area contributed by atoms with Gasteiger partial charge in [-0.3, -0.25) is 4.79 Å². The molecule has 1 N–H and O–H groups in total. The summed E-state index contributed by atoms with van der Waals surface area (Å²) in [5.41, 5.74) is 3.55. The number of aryl methyl sites for hydroxylation is 2. The quantitative estimate of drug-likeness (QED) is 0.936. The Morgan fingerprint density at radius 2 is 2.08 bits per heavy atom. The molecule has 1 aromatic carbocycles. The molecule has 0 radical (unpaired) electrons. The molecule has 6 heteroatoms. The number of rotatable bonds is 3. The second-order valence-electron chi connectivity index (χ2n) is 6.22. The Labute approximate surface area is 140 Å². The normalized spacial score (nSPS) is 15.0. The number of nitrogens with zero attached hydrogens (tertiary/aromatic N) is 2. The summed E-state index contributed by atoms with van der Waals surface area (Å²) in [6.45, 7) is 6.37. The Balaban J connectivity index is 1.87. The van der Waals surface area contributed by atoms with Crippen LogP contribution in [0.5, 0.6) is 0 Å². The van der Waals surface area contributed by atoms with Crippen LogP contribution in [0.1, 0.15) is 51.3 Å². The molecule has 0 saturated heterocycles. The Bertz CT molecular complexity index is 790. The number of aromatic carboxylic acids is 1. The molecule has 0 spiro atoms. The van der Waals surface area contributed by atoms with E-state index in [1.807, 2.05) is 19.9 Å². The van der Waals surface area contributed by atoms with Gasteiger partial charge < -0.3 is 14.5 Å². The van der Waals surface area contributed by atoms with Gasteiger partial charge in [0.2, 0.25) is 5.91 Å². The first kappa shape index (κ1) is 16.2. The highest BCUT2D eigenvalue weighted by Gasteiger charge is 2.30. The monoisotopic (exact) mass is 328 g/mol. The summed E-state index contributed by atoms with van der Waals surface area (Å²) >= 11 is 0. The molecule has 0 fully saturated rings. The van der Waals surface area contributed by atoms with Gasteiger partial charge in [0.15, 0.2) is 0 Å². The van der Waals surface area contributed by atoms with E-state index in [0.29, 0.717) is 25.3 Å². The van der Waals surface area contributed by atoms with Crippen molar-refractivity contribution >= 4 is 11.9 Å². The summed E-state index contributed by atoms with van der Waals surface area (Å²) in [5, 5.41) is 13.3. The van der Waals surface area contributed by atoms with Crippen molar-refractivity contribution in [1.29, 1.82) is 0 Å². The number of carboxylic acid groups (broad SMARTS) is 1. The lowest BCUT2D eigenvalue weighted by molar-refractivity contribution is -0.133. The van der Waals surface area contributed by atoms with Gasteiger partial charge >= 0.3 is 5.97 Å². The summed E-state index contributed by atoms with van der Waals surface area (Å²) in [6.07, 6.45) is 0.663. The van der Waals surface area contributed by atoms with Crippen molar-refractivity contribution in [2.24, 2.45) is 0 Å². The lowest BCUT2D eigenvalue weighted by Gasteiger charge is -2.31. The third-order valence-corrected chi connectivity index (χ3v) is 4.71. The van der Waals surface area contributed by atoms with Crippen LogP contribution >= 0.6 is 0 Å². The Kier molecular flexibility index (Phi) is 4.13. The average molecular weight is 328 g/mol. The zero-order chi connectivity index (χ0) is 17.4. The van der Waals surface area contributed by atoms with Crippen molar-refractivity contribution in [3.63, 3.8) is 0 Å². The van der Waals surface area contributed by atoms with Crippen molar-refractivity contribution in [1.82, 2.24) is 10.1 Å². The Hall–Kier alpha value is -2.63. The van der Waals surface area contributed by atoms with E-state index < -0.39 is 5.97 Å². The predicted molar refractivity (Wildman–Crippen MR) is 86.9 cm³/mol. The summed E-state index contributed by atoms with van der Waals surface area (Å²) in [4.78, 5) is 26.1. The fourth-order valence-corrected chi connectivity index (χ4v) is 3.47. The zero-order valence-corrected chi connectivity index (χ0v) is 14.0. The predicted octanol–water partition coefficient (Wildman–Crippen LogP) is 2.68. The molecule has 0 bridgehead atoms. The summed E-state index contributed by atoms with van der Waals surface area (Å²) in [5.74, 6) is -0.707. The van der Waals surface area contributed by atoms with Crippen molar-refractivity contribution in [2.75, 3.05) is 6.54 Å². The van der Waals surface area contributed by atoms with Gasteiger partial charge in [-0.15, -0.1) is 0 Å². The summed E-state index contributed by atoms with van der Waals surface area (Å²) in [7, 11) is 0. The fourth-order valence-electron chi connectivity index (χ4n) is 3.47.